The van der Waals surface area contributed by atoms with Crippen LogP contribution in [0.2, 0.25) is 0 Å². The molecule has 1 aliphatic carbocycles. The Kier molecular flexibility index (Phi) is 3.73. The first kappa shape index (κ1) is 9.72. The van der Waals surface area contributed by atoms with Gasteiger partial charge in [-0.3, -0.25) is 4.79 Å². The summed E-state index contributed by atoms with van der Waals surface area (Å²) in [7, 11) is 0. The Bertz CT molecular complexity index is 148. The van der Waals surface area contributed by atoms with E-state index in [0.29, 0.717) is 17.8 Å². The van der Waals surface area contributed by atoms with Gasteiger partial charge in [-0.05, 0) is 33.1 Å². The molecule has 0 radical (unpaired) electrons. The molecule has 0 saturated heterocycles. The zero-order valence-electron chi connectivity index (χ0n) is 8.01. The summed E-state index contributed by atoms with van der Waals surface area (Å²) in [5.74, 6) is 0.867. The van der Waals surface area contributed by atoms with Crippen molar-refractivity contribution in [3.8, 4) is 0 Å². The Balaban J connectivity index is 1.91. The van der Waals surface area contributed by atoms with Crippen molar-refractivity contribution in [2.75, 3.05) is 6.61 Å². The molecule has 1 rings (SSSR count). The van der Waals surface area contributed by atoms with E-state index in [9.17, 15) is 4.79 Å². The average Bonchev–Trinajstić information content (AvgIpc) is 2.79. The second-order valence-electron chi connectivity index (χ2n) is 3.76. The van der Waals surface area contributed by atoms with Gasteiger partial charge < -0.3 is 4.74 Å². The fourth-order valence-corrected chi connectivity index (χ4v) is 1.17. The molecular weight excluding hydrogens is 152 g/mol. The van der Waals surface area contributed by atoms with Crippen LogP contribution in [0, 0.1) is 5.92 Å². The van der Waals surface area contributed by atoms with E-state index in [1.807, 2.05) is 13.8 Å². The Morgan fingerprint density at radius 2 is 2.17 bits per heavy atom. The molecule has 0 aromatic rings. The molecule has 70 valence electrons. The summed E-state index contributed by atoms with van der Waals surface area (Å²) >= 11 is 0. The summed E-state index contributed by atoms with van der Waals surface area (Å²) < 4.78 is 5.34. The van der Waals surface area contributed by atoms with Crippen LogP contribution in [0.1, 0.15) is 39.5 Å². The Labute approximate surface area is 74.3 Å². The highest BCUT2D eigenvalue weighted by atomic mass is 16.5. The first-order valence-electron chi connectivity index (χ1n) is 4.84. The summed E-state index contributed by atoms with van der Waals surface area (Å²) in [5.41, 5.74) is 0. The van der Waals surface area contributed by atoms with Gasteiger partial charge in [-0.25, -0.2) is 0 Å². The highest BCUT2D eigenvalue weighted by molar-refractivity contribution is 5.83. The van der Waals surface area contributed by atoms with Crippen LogP contribution in [-0.2, 0) is 9.53 Å². The third kappa shape index (κ3) is 3.86. The fraction of sp³-hybridized carbons (Fsp3) is 0.900. The number of carbonyl (C=O) groups excluding carboxylic acids is 1. The minimum Gasteiger partial charge on any atom is -0.379 e. The number of ether oxygens (including phenoxy) is 1. The minimum absolute atomic E-state index is 0.293. The number of Topliss-reactive ketones (excluding diaryl/α,β-unsaturated/α-hetero) is 1. The quantitative estimate of drug-likeness (QED) is 0.571. The van der Waals surface area contributed by atoms with E-state index in [4.69, 9.17) is 4.74 Å². The van der Waals surface area contributed by atoms with Gasteiger partial charge in [-0.1, -0.05) is 0 Å². The molecule has 0 aromatic heterocycles. The van der Waals surface area contributed by atoms with Gasteiger partial charge >= 0.3 is 0 Å². The lowest BCUT2D eigenvalue weighted by atomic mass is 10.1. The topological polar surface area (TPSA) is 26.3 Å². The number of hydrogen-bond acceptors (Lipinski definition) is 2. The van der Waals surface area contributed by atoms with E-state index in [2.05, 4.69) is 0 Å². The van der Waals surface area contributed by atoms with Gasteiger partial charge in [0.15, 0.2) is 0 Å². The van der Waals surface area contributed by atoms with Crippen LogP contribution in [0.15, 0.2) is 0 Å². The molecule has 12 heavy (non-hydrogen) atoms. The van der Waals surface area contributed by atoms with Crippen LogP contribution in [0.5, 0.6) is 0 Å². The largest absolute Gasteiger partial charge is 0.379 e. The molecule has 0 spiro atoms. The molecule has 0 bridgehead atoms. The highest BCUT2D eigenvalue weighted by Crippen LogP contribution is 2.31. The predicted octanol–water partition coefficient (Wildman–Crippen LogP) is 2.17. The minimum atomic E-state index is 0.293. The molecular formula is C10H18O2. The zero-order valence-corrected chi connectivity index (χ0v) is 8.01. The van der Waals surface area contributed by atoms with Crippen LogP contribution >= 0.6 is 0 Å². The number of rotatable bonds is 6. The lowest BCUT2D eigenvalue weighted by Gasteiger charge is -2.05. The van der Waals surface area contributed by atoms with Crippen molar-refractivity contribution in [3.05, 3.63) is 0 Å². The molecule has 1 saturated carbocycles. The van der Waals surface area contributed by atoms with Crippen LogP contribution in [-0.4, -0.2) is 18.5 Å². The Morgan fingerprint density at radius 3 is 2.67 bits per heavy atom. The van der Waals surface area contributed by atoms with Gasteiger partial charge in [-0.2, -0.15) is 0 Å². The van der Waals surface area contributed by atoms with E-state index >= 15 is 0 Å². The summed E-state index contributed by atoms with van der Waals surface area (Å²) in [4.78, 5) is 11.2. The molecule has 1 aliphatic rings. The van der Waals surface area contributed by atoms with E-state index < -0.39 is 0 Å². The van der Waals surface area contributed by atoms with Gasteiger partial charge in [-0.15, -0.1) is 0 Å². The Morgan fingerprint density at radius 1 is 1.50 bits per heavy atom. The summed E-state index contributed by atoms with van der Waals surface area (Å²) in [5, 5.41) is 0. The first-order valence-corrected chi connectivity index (χ1v) is 4.84. The van der Waals surface area contributed by atoms with Gasteiger partial charge in [0.2, 0.25) is 0 Å². The molecule has 0 N–H and O–H groups in total. The number of ketones is 1. The average molecular weight is 170 g/mol. The van der Waals surface area contributed by atoms with Crippen molar-refractivity contribution in [2.24, 2.45) is 5.92 Å². The lowest BCUT2D eigenvalue weighted by Crippen LogP contribution is -2.07. The molecule has 0 amide bonds. The van der Waals surface area contributed by atoms with E-state index in [1.165, 1.54) is 0 Å². The predicted molar refractivity (Wildman–Crippen MR) is 48.1 cm³/mol. The maximum absolute atomic E-state index is 11.2. The summed E-state index contributed by atoms with van der Waals surface area (Å²) in [6.07, 6.45) is 4.17. The maximum atomic E-state index is 11.2. The second-order valence-corrected chi connectivity index (χ2v) is 3.76. The van der Waals surface area contributed by atoms with E-state index in [0.717, 1.165) is 32.3 Å². The summed E-state index contributed by atoms with van der Waals surface area (Å²) in [6, 6.07) is 0. The Hall–Kier alpha value is -0.370. The number of hydrogen-bond donors (Lipinski definition) is 0. The molecule has 0 aliphatic heterocycles. The lowest BCUT2D eigenvalue weighted by molar-refractivity contribution is -0.120. The van der Waals surface area contributed by atoms with Gasteiger partial charge in [0, 0.05) is 18.9 Å². The maximum Gasteiger partial charge on any atom is 0.136 e. The second kappa shape index (κ2) is 4.61. The molecule has 0 heterocycles. The molecule has 0 aromatic carbocycles. The van der Waals surface area contributed by atoms with Crippen molar-refractivity contribution in [3.63, 3.8) is 0 Å². The SMILES string of the molecule is CC(C)OCCCC(=O)C1CC1. The van der Waals surface area contributed by atoms with Gasteiger partial charge in [0.05, 0.1) is 6.10 Å². The fourth-order valence-electron chi connectivity index (χ4n) is 1.17. The third-order valence-corrected chi connectivity index (χ3v) is 2.05. The van der Waals surface area contributed by atoms with Crippen molar-refractivity contribution in [1.82, 2.24) is 0 Å². The van der Waals surface area contributed by atoms with Gasteiger partial charge in [0.1, 0.15) is 5.78 Å². The van der Waals surface area contributed by atoms with Crippen molar-refractivity contribution < 1.29 is 9.53 Å². The normalized spacial score (nSPS) is 16.9. The summed E-state index contributed by atoms with van der Waals surface area (Å²) in [6.45, 7) is 4.77. The van der Waals surface area contributed by atoms with Crippen LogP contribution < -0.4 is 0 Å². The zero-order chi connectivity index (χ0) is 8.97. The van der Waals surface area contributed by atoms with Gasteiger partial charge in [0.25, 0.3) is 0 Å². The smallest absolute Gasteiger partial charge is 0.136 e. The van der Waals surface area contributed by atoms with E-state index in [-0.39, 0.29) is 0 Å². The number of carbonyl (C=O) groups is 1. The van der Waals surface area contributed by atoms with Crippen molar-refractivity contribution in [2.45, 2.75) is 45.6 Å². The third-order valence-electron chi connectivity index (χ3n) is 2.05. The molecule has 1 fully saturated rings. The first-order chi connectivity index (χ1) is 5.70. The van der Waals surface area contributed by atoms with Crippen LogP contribution in [0.3, 0.4) is 0 Å². The molecule has 2 nitrogen and oxygen atoms in total. The van der Waals surface area contributed by atoms with Crippen molar-refractivity contribution >= 4 is 5.78 Å². The molecule has 2 heteroatoms. The molecule has 0 unspecified atom stereocenters. The highest BCUT2D eigenvalue weighted by Gasteiger charge is 2.28. The molecule has 0 atom stereocenters. The van der Waals surface area contributed by atoms with Crippen molar-refractivity contribution in [1.29, 1.82) is 0 Å². The van der Waals surface area contributed by atoms with E-state index in [1.54, 1.807) is 0 Å². The van der Waals surface area contributed by atoms with Crippen LogP contribution in [0.4, 0.5) is 0 Å². The monoisotopic (exact) mass is 170 g/mol. The van der Waals surface area contributed by atoms with Crippen LogP contribution in [0.25, 0.3) is 0 Å². The standard InChI is InChI=1S/C10H18O2/c1-8(2)12-7-3-4-10(11)9-5-6-9/h8-9H,3-7H2,1-2H3.